The Bertz CT molecular complexity index is 770. The van der Waals surface area contributed by atoms with Crippen molar-refractivity contribution >= 4 is 32.4 Å². The minimum absolute atomic E-state index is 0.782. The largest absolute Gasteiger partial charge is 0.497 e. The minimum Gasteiger partial charge on any atom is -0.497 e. The van der Waals surface area contributed by atoms with Gasteiger partial charge in [0.15, 0.2) is 0 Å². The zero-order valence-corrected chi connectivity index (χ0v) is 13.4. The number of nitrogens with one attached hydrogen (secondary N) is 1. The summed E-state index contributed by atoms with van der Waals surface area (Å²) in [7, 11) is 1.68. The zero-order chi connectivity index (χ0) is 14.7. The van der Waals surface area contributed by atoms with Gasteiger partial charge in [-0.1, -0.05) is 52.3 Å². The molecule has 0 fully saturated rings. The van der Waals surface area contributed by atoms with Crippen LogP contribution in [0.25, 0.3) is 10.8 Å². The van der Waals surface area contributed by atoms with Gasteiger partial charge in [-0.2, -0.15) is 0 Å². The summed E-state index contributed by atoms with van der Waals surface area (Å²) in [6.45, 7) is 0.782. The Balaban J connectivity index is 1.78. The molecule has 0 aliphatic heterocycles. The highest BCUT2D eigenvalue weighted by Gasteiger charge is 2.01. The number of hydrogen-bond donors (Lipinski definition) is 1. The molecule has 21 heavy (non-hydrogen) atoms. The Morgan fingerprint density at radius 3 is 2.57 bits per heavy atom. The van der Waals surface area contributed by atoms with E-state index >= 15 is 0 Å². The normalized spacial score (nSPS) is 10.6. The molecule has 0 saturated carbocycles. The second-order valence-electron chi connectivity index (χ2n) is 4.91. The number of ether oxygens (including phenoxy) is 1. The van der Waals surface area contributed by atoms with E-state index in [2.05, 4.69) is 63.7 Å². The van der Waals surface area contributed by atoms with Crippen LogP contribution in [0.4, 0.5) is 5.69 Å². The van der Waals surface area contributed by atoms with Crippen LogP contribution in [0.2, 0.25) is 0 Å². The van der Waals surface area contributed by atoms with Gasteiger partial charge >= 0.3 is 0 Å². The second kappa shape index (κ2) is 6.19. The molecular formula is C18H16BrNO. The number of halogens is 1. The highest BCUT2D eigenvalue weighted by atomic mass is 79.9. The standard InChI is InChI=1S/C18H16BrNO/c1-21-18-10-16(19)9-17(11-18)20-12-13-6-7-14-4-2-3-5-15(14)8-13/h2-11,20H,12H2,1H3. The van der Waals surface area contributed by atoms with Gasteiger partial charge in [0.1, 0.15) is 5.75 Å². The van der Waals surface area contributed by atoms with Crippen LogP contribution in [0.15, 0.2) is 65.1 Å². The fourth-order valence-corrected chi connectivity index (χ4v) is 2.81. The molecule has 0 radical (unpaired) electrons. The molecule has 0 bridgehead atoms. The van der Waals surface area contributed by atoms with Crippen LogP contribution in [0.1, 0.15) is 5.56 Å². The number of hydrogen-bond acceptors (Lipinski definition) is 2. The maximum absolute atomic E-state index is 5.28. The van der Waals surface area contributed by atoms with Crippen LogP contribution in [-0.4, -0.2) is 7.11 Å². The Morgan fingerprint density at radius 2 is 1.76 bits per heavy atom. The molecule has 106 valence electrons. The third-order valence-corrected chi connectivity index (χ3v) is 3.88. The van der Waals surface area contributed by atoms with Crippen molar-refractivity contribution in [3.63, 3.8) is 0 Å². The van der Waals surface area contributed by atoms with Gasteiger partial charge in [0.05, 0.1) is 7.11 Å². The van der Waals surface area contributed by atoms with Gasteiger partial charge < -0.3 is 10.1 Å². The molecule has 3 aromatic carbocycles. The first kappa shape index (κ1) is 14.0. The Kier molecular flexibility index (Phi) is 4.11. The molecule has 0 atom stereocenters. The number of methoxy groups -OCH3 is 1. The van der Waals surface area contributed by atoms with Crippen molar-refractivity contribution in [2.75, 3.05) is 12.4 Å². The monoisotopic (exact) mass is 341 g/mol. The van der Waals surface area contributed by atoms with Crippen molar-refractivity contribution in [1.29, 1.82) is 0 Å². The molecule has 0 heterocycles. The van der Waals surface area contributed by atoms with Crippen LogP contribution in [0.5, 0.6) is 5.75 Å². The smallest absolute Gasteiger partial charge is 0.122 e. The van der Waals surface area contributed by atoms with E-state index < -0.39 is 0 Å². The summed E-state index contributed by atoms with van der Waals surface area (Å²) in [5.41, 5.74) is 2.29. The molecule has 0 aliphatic carbocycles. The molecule has 3 rings (SSSR count). The highest BCUT2D eigenvalue weighted by Crippen LogP contribution is 2.25. The van der Waals surface area contributed by atoms with Crippen molar-refractivity contribution in [3.8, 4) is 5.75 Å². The third-order valence-electron chi connectivity index (χ3n) is 3.42. The zero-order valence-electron chi connectivity index (χ0n) is 11.8. The lowest BCUT2D eigenvalue weighted by molar-refractivity contribution is 0.414. The predicted molar refractivity (Wildman–Crippen MR) is 92.0 cm³/mol. The van der Waals surface area contributed by atoms with Crippen molar-refractivity contribution in [3.05, 3.63) is 70.7 Å². The van der Waals surface area contributed by atoms with Gasteiger partial charge in [-0.05, 0) is 34.5 Å². The van der Waals surface area contributed by atoms with E-state index in [1.54, 1.807) is 7.11 Å². The fraction of sp³-hybridized carbons (Fsp3) is 0.111. The minimum atomic E-state index is 0.782. The predicted octanol–water partition coefficient (Wildman–Crippen LogP) is 5.22. The van der Waals surface area contributed by atoms with Gasteiger partial charge in [0, 0.05) is 22.8 Å². The van der Waals surface area contributed by atoms with Crippen molar-refractivity contribution < 1.29 is 4.74 Å². The molecule has 0 amide bonds. The number of fused-ring (bicyclic) bond motifs is 1. The summed E-state index contributed by atoms with van der Waals surface area (Å²) in [6.07, 6.45) is 0. The summed E-state index contributed by atoms with van der Waals surface area (Å²) in [4.78, 5) is 0. The van der Waals surface area contributed by atoms with Crippen LogP contribution < -0.4 is 10.1 Å². The van der Waals surface area contributed by atoms with Gasteiger partial charge in [-0.15, -0.1) is 0 Å². The number of benzene rings is 3. The van der Waals surface area contributed by atoms with E-state index in [9.17, 15) is 0 Å². The molecule has 0 aromatic heterocycles. The summed E-state index contributed by atoms with van der Waals surface area (Å²) in [5, 5.41) is 5.97. The van der Waals surface area contributed by atoms with Gasteiger partial charge in [-0.25, -0.2) is 0 Å². The molecule has 0 aliphatic rings. The molecule has 0 spiro atoms. The maximum atomic E-state index is 5.28. The average molecular weight is 342 g/mol. The van der Waals surface area contributed by atoms with Gasteiger partial charge in [-0.3, -0.25) is 0 Å². The Hall–Kier alpha value is -2.00. The molecule has 3 aromatic rings. The fourth-order valence-electron chi connectivity index (χ4n) is 2.34. The van der Waals surface area contributed by atoms with Crippen LogP contribution in [-0.2, 0) is 6.54 Å². The summed E-state index contributed by atoms with van der Waals surface area (Å²) < 4.78 is 6.28. The molecule has 0 unspecified atom stereocenters. The maximum Gasteiger partial charge on any atom is 0.122 e. The number of rotatable bonds is 4. The van der Waals surface area contributed by atoms with E-state index in [0.717, 1.165) is 22.5 Å². The van der Waals surface area contributed by atoms with E-state index in [4.69, 9.17) is 4.74 Å². The van der Waals surface area contributed by atoms with Gasteiger partial charge in [0.2, 0.25) is 0 Å². The summed E-state index contributed by atoms with van der Waals surface area (Å²) >= 11 is 3.49. The molecule has 0 saturated heterocycles. The van der Waals surface area contributed by atoms with Crippen molar-refractivity contribution in [1.82, 2.24) is 0 Å². The lowest BCUT2D eigenvalue weighted by Crippen LogP contribution is -1.99. The first-order valence-corrected chi connectivity index (χ1v) is 7.60. The Morgan fingerprint density at radius 1 is 0.952 bits per heavy atom. The lowest BCUT2D eigenvalue weighted by Gasteiger charge is -2.10. The van der Waals surface area contributed by atoms with E-state index in [1.165, 1.54) is 16.3 Å². The van der Waals surface area contributed by atoms with Crippen molar-refractivity contribution in [2.24, 2.45) is 0 Å². The van der Waals surface area contributed by atoms with Crippen LogP contribution in [0, 0.1) is 0 Å². The van der Waals surface area contributed by atoms with E-state index in [0.29, 0.717) is 0 Å². The first-order valence-electron chi connectivity index (χ1n) is 6.81. The van der Waals surface area contributed by atoms with Crippen LogP contribution >= 0.6 is 15.9 Å². The average Bonchev–Trinajstić information content (AvgIpc) is 2.52. The lowest BCUT2D eigenvalue weighted by atomic mass is 10.1. The first-order chi connectivity index (χ1) is 10.2. The van der Waals surface area contributed by atoms with Crippen molar-refractivity contribution in [2.45, 2.75) is 6.54 Å². The third kappa shape index (κ3) is 3.37. The topological polar surface area (TPSA) is 21.3 Å². The summed E-state index contributed by atoms with van der Waals surface area (Å²) in [5.74, 6) is 0.838. The molecular weight excluding hydrogens is 326 g/mol. The number of anilines is 1. The molecule has 3 heteroatoms. The molecule has 1 N–H and O–H groups in total. The second-order valence-corrected chi connectivity index (χ2v) is 5.83. The highest BCUT2D eigenvalue weighted by molar-refractivity contribution is 9.10. The quantitative estimate of drug-likeness (QED) is 0.702. The van der Waals surface area contributed by atoms with Crippen LogP contribution in [0.3, 0.4) is 0 Å². The Labute approximate surface area is 132 Å². The van der Waals surface area contributed by atoms with E-state index in [-0.39, 0.29) is 0 Å². The molecule has 2 nitrogen and oxygen atoms in total. The van der Waals surface area contributed by atoms with E-state index in [1.807, 2.05) is 18.2 Å². The summed E-state index contributed by atoms with van der Waals surface area (Å²) in [6, 6.07) is 20.9. The van der Waals surface area contributed by atoms with Gasteiger partial charge in [0.25, 0.3) is 0 Å². The SMILES string of the molecule is COc1cc(Br)cc(NCc2ccc3ccccc3c2)c1.